The third-order valence-corrected chi connectivity index (χ3v) is 10.1. The summed E-state index contributed by atoms with van der Waals surface area (Å²) in [5, 5.41) is 2.38. The van der Waals surface area contributed by atoms with Crippen LogP contribution in [0.3, 0.4) is 0 Å². The molecule has 8 aromatic rings. The summed E-state index contributed by atoms with van der Waals surface area (Å²) in [4.78, 5) is 10.2. The van der Waals surface area contributed by atoms with Crippen molar-refractivity contribution in [2.24, 2.45) is 0 Å². The molecule has 0 aliphatic heterocycles. The quantitative estimate of drug-likeness (QED) is 0.190. The Kier molecular flexibility index (Phi) is 6.84. The first-order valence-corrected chi connectivity index (χ1v) is 16.9. The molecular formula is C47H34N2. The second-order valence-corrected chi connectivity index (χ2v) is 13.4. The van der Waals surface area contributed by atoms with Gasteiger partial charge in [-0.25, -0.2) is 9.97 Å². The molecule has 0 saturated heterocycles. The highest BCUT2D eigenvalue weighted by molar-refractivity contribution is 6.05. The van der Waals surface area contributed by atoms with Crippen molar-refractivity contribution in [3.05, 3.63) is 181 Å². The molecule has 0 spiro atoms. The molecule has 1 heterocycles. The number of hydrogen-bond acceptors (Lipinski definition) is 2. The zero-order valence-corrected chi connectivity index (χ0v) is 27.6. The summed E-state index contributed by atoms with van der Waals surface area (Å²) in [6.45, 7) is 4.72. The van der Waals surface area contributed by atoms with Crippen LogP contribution in [0.1, 0.15) is 25.0 Å². The van der Waals surface area contributed by atoms with Gasteiger partial charge >= 0.3 is 0 Å². The highest BCUT2D eigenvalue weighted by Crippen LogP contribution is 2.51. The normalized spacial score (nSPS) is 12.9. The topological polar surface area (TPSA) is 25.8 Å². The van der Waals surface area contributed by atoms with E-state index in [4.69, 9.17) is 9.97 Å². The van der Waals surface area contributed by atoms with E-state index < -0.39 is 0 Å². The molecule has 0 unspecified atom stereocenters. The third-order valence-electron chi connectivity index (χ3n) is 10.1. The van der Waals surface area contributed by atoms with Crippen LogP contribution in [0.4, 0.5) is 0 Å². The van der Waals surface area contributed by atoms with Crippen molar-refractivity contribution in [2.45, 2.75) is 19.3 Å². The fourth-order valence-corrected chi connectivity index (χ4v) is 7.55. The molecule has 7 aromatic carbocycles. The smallest absolute Gasteiger partial charge is 0.160 e. The van der Waals surface area contributed by atoms with Gasteiger partial charge in [-0.15, -0.1) is 0 Å². The summed E-state index contributed by atoms with van der Waals surface area (Å²) in [6, 6.07) is 60.7. The molecule has 232 valence electrons. The Bertz CT molecular complexity index is 2440. The minimum Gasteiger partial charge on any atom is -0.228 e. The molecular weight excluding hydrogens is 593 g/mol. The summed E-state index contributed by atoms with van der Waals surface area (Å²) >= 11 is 0. The SMILES string of the molecule is CC1(C)c2cc(-c3ccccc3)ccc2-c2ccc(-c3ccc(-c4cc(-c5ccccc5)nc(-c5ccccc5)n4)c4ccccc34)cc21. The lowest BCUT2D eigenvalue weighted by atomic mass is 9.80. The summed E-state index contributed by atoms with van der Waals surface area (Å²) in [7, 11) is 0. The van der Waals surface area contributed by atoms with Crippen LogP contribution in [0.25, 0.3) is 78.1 Å². The van der Waals surface area contributed by atoms with Crippen LogP contribution in [0.2, 0.25) is 0 Å². The summed E-state index contributed by atoms with van der Waals surface area (Å²) in [6.07, 6.45) is 0. The van der Waals surface area contributed by atoms with E-state index in [1.165, 1.54) is 55.3 Å². The number of rotatable bonds is 5. The van der Waals surface area contributed by atoms with Crippen molar-refractivity contribution < 1.29 is 0 Å². The molecule has 0 saturated carbocycles. The monoisotopic (exact) mass is 626 g/mol. The van der Waals surface area contributed by atoms with Crippen LogP contribution in [-0.4, -0.2) is 9.97 Å². The molecule has 0 atom stereocenters. The van der Waals surface area contributed by atoms with Gasteiger partial charge in [0.15, 0.2) is 5.82 Å². The van der Waals surface area contributed by atoms with Crippen molar-refractivity contribution in [3.63, 3.8) is 0 Å². The van der Waals surface area contributed by atoms with Crippen LogP contribution in [-0.2, 0) is 5.41 Å². The van der Waals surface area contributed by atoms with Gasteiger partial charge in [-0.3, -0.25) is 0 Å². The predicted octanol–water partition coefficient (Wildman–Crippen LogP) is 12.3. The fraction of sp³-hybridized carbons (Fsp3) is 0.0638. The highest BCUT2D eigenvalue weighted by atomic mass is 14.9. The van der Waals surface area contributed by atoms with Crippen LogP contribution < -0.4 is 0 Å². The van der Waals surface area contributed by atoms with E-state index in [9.17, 15) is 0 Å². The number of benzene rings is 7. The molecule has 9 rings (SSSR count). The average Bonchev–Trinajstić information content (AvgIpc) is 3.40. The van der Waals surface area contributed by atoms with E-state index in [1.807, 2.05) is 24.3 Å². The van der Waals surface area contributed by atoms with Gasteiger partial charge in [0, 0.05) is 22.1 Å². The van der Waals surface area contributed by atoms with E-state index >= 15 is 0 Å². The van der Waals surface area contributed by atoms with Gasteiger partial charge in [0.1, 0.15) is 0 Å². The molecule has 49 heavy (non-hydrogen) atoms. The van der Waals surface area contributed by atoms with Gasteiger partial charge < -0.3 is 0 Å². The standard InChI is InChI=1S/C47H34N2/c1-47(2)42-28-34(31-14-6-3-7-15-31)22-24-39(42)40-25-23-35(29-43(40)47)36-26-27-41(38-21-13-12-20-37(36)38)45-30-44(32-16-8-4-9-17-32)48-46(49-45)33-18-10-5-11-19-33/h3-30H,1-2H3. The lowest BCUT2D eigenvalue weighted by Gasteiger charge is -2.23. The molecule has 1 aliphatic carbocycles. The van der Waals surface area contributed by atoms with E-state index in [-0.39, 0.29) is 5.41 Å². The van der Waals surface area contributed by atoms with Crippen molar-refractivity contribution in [1.29, 1.82) is 0 Å². The predicted molar refractivity (Wildman–Crippen MR) is 204 cm³/mol. The van der Waals surface area contributed by atoms with Crippen molar-refractivity contribution in [3.8, 4) is 67.3 Å². The van der Waals surface area contributed by atoms with Crippen LogP contribution in [0.5, 0.6) is 0 Å². The highest BCUT2D eigenvalue weighted by Gasteiger charge is 2.36. The van der Waals surface area contributed by atoms with Crippen molar-refractivity contribution in [1.82, 2.24) is 9.97 Å². The van der Waals surface area contributed by atoms with Gasteiger partial charge in [-0.1, -0.05) is 166 Å². The van der Waals surface area contributed by atoms with E-state index in [1.54, 1.807) is 0 Å². The van der Waals surface area contributed by atoms with Crippen LogP contribution >= 0.6 is 0 Å². The third kappa shape index (κ3) is 4.96. The number of aromatic nitrogens is 2. The van der Waals surface area contributed by atoms with Crippen LogP contribution in [0, 0.1) is 0 Å². The zero-order valence-electron chi connectivity index (χ0n) is 27.6. The molecule has 2 heteroatoms. The molecule has 0 N–H and O–H groups in total. The Hall–Kier alpha value is -6.12. The van der Waals surface area contributed by atoms with Crippen LogP contribution in [0.15, 0.2) is 170 Å². The van der Waals surface area contributed by atoms with Gasteiger partial charge in [0.2, 0.25) is 0 Å². The average molecular weight is 627 g/mol. The molecule has 0 amide bonds. The summed E-state index contributed by atoms with van der Waals surface area (Å²) in [5.41, 5.74) is 15.2. The molecule has 0 fully saturated rings. The first kappa shape index (κ1) is 29.1. The maximum Gasteiger partial charge on any atom is 0.160 e. The maximum absolute atomic E-state index is 5.16. The Morgan fingerprint density at radius 1 is 0.347 bits per heavy atom. The Morgan fingerprint density at radius 3 is 1.47 bits per heavy atom. The molecule has 1 aliphatic rings. The van der Waals surface area contributed by atoms with E-state index in [0.29, 0.717) is 0 Å². The Balaban J connectivity index is 1.17. The minimum absolute atomic E-state index is 0.121. The van der Waals surface area contributed by atoms with Gasteiger partial charge in [0.05, 0.1) is 11.4 Å². The second-order valence-electron chi connectivity index (χ2n) is 13.4. The Labute approximate surface area is 287 Å². The minimum atomic E-state index is -0.121. The lowest BCUT2D eigenvalue weighted by molar-refractivity contribution is 0.661. The lowest BCUT2D eigenvalue weighted by Crippen LogP contribution is -2.15. The molecule has 2 nitrogen and oxygen atoms in total. The first-order valence-electron chi connectivity index (χ1n) is 16.9. The van der Waals surface area contributed by atoms with Crippen molar-refractivity contribution in [2.75, 3.05) is 0 Å². The van der Waals surface area contributed by atoms with E-state index in [2.05, 4.69) is 159 Å². The van der Waals surface area contributed by atoms with E-state index in [0.717, 1.165) is 33.9 Å². The summed E-state index contributed by atoms with van der Waals surface area (Å²) < 4.78 is 0. The summed E-state index contributed by atoms with van der Waals surface area (Å²) in [5.74, 6) is 0.723. The Morgan fingerprint density at radius 2 is 0.816 bits per heavy atom. The molecule has 1 aromatic heterocycles. The number of hydrogen-bond donors (Lipinski definition) is 0. The molecule has 0 radical (unpaired) electrons. The first-order chi connectivity index (χ1) is 24.0. The number of nitrogens with zero attached hydrogens (tertiary/aromatic N) is 2. The van der Waals surface area contributed by atoms with Gasteiger partial charge in [0.25, 0.3) is 0 Å². The largest absolute Gasteiger partial charge is 0.228 e. The van der Waals surface area contributed by atoms with Gasteiger partial charge in [-0.2, -0.15) is 0 Å². The van der Waals surface area contributed by atoms with Gasteiger partial charge in [-0.05, 0) is 73.5 Å². The zero-order chi connectivity index (χ0) is 33.0. The fourth-order valence-electron chi connectivity index (χ4n) is 7.55. The van der Waals surface area contributed by atoms with Crippen molar-refractivity contribution >= 4 is 10.8 Å². The maximum atomic E-state index is 5.16. The number of fused-ring (bicyclic) bond motifs is 4. The molecule has 0 bridgehead atoms. The second kappa shape index (κ2) is 11.5.